The second-order valence-electron chi connectivity index (χ2n) is 5.23. The Labute approximate surface area is 132 Å². The van der Waals surface area contributed by atoms with E-state index in [0.717, 1.165) is 16.3 Å². The average Bonchev–Trinajstić information content (AvgIpc) is 2.53. The van der Waals surface area contributed by atoms with Crippen molar-refractivity contribution in [1.29, 1.82) is 0 Å². The van der Waals surface area contributed by atoms with Crippen LogP contribution in [0.1, 0.15) is 6.92 Å². The Balaban J connectivity index is 2.13. The van der Waals surface area contributed by atoms with Crippen molar-refractivity contribution in [3.8, 4) is 11.1 Å². The minimum Gasteiger partial charge on any atom is -0.326 e. The molecule has 0 saturated heterocycles. The van der Waals surface area contributed by atoms with Crippen LogP contribution in [-0.4, -0.2) is 10.8 Å². The van der Waals surface area contributed by atoms with Crippen molar-refractivity contribution >= 4 is 28.1 Å². The summed E-state index contributed by atoms with van der Waals surface area (Å²) in [6, 6.07) is 18.3. The van der Waals surface area contributed by atoms with Gasteiger partial charge in [-0.05, 0) is 34.5 Å². The number of carbonyl (C=O) groups excluding carboxylic acids is 1. The Morgan fingerprint density at radius 3 is 2.43 bits per heavy atom. The molecule has 3 aromatic carbocycles. The highest BCUT2D eigenvalue weighted by Gasteiger charge is 2.16. The van der Waals surface area contributed by atoms with E-state index in [1.807, 2.05) is 42.5 Å². The summed E-state index contributed by atoms with van der Waals surface area (Å²) in [5.41, 5.74) is 1.67. The van der Waals surface area contributed by atoms with Gasteiger partial charge in [-0.15, -0.1) is 0 Å². The van der Waals surface area contributed by atoms with Crippen LogP contribution in [0, 0.1) is 10.1 Å². The van der Waals surface area contributed by atoms with E-state index in [2.05, 4.69) is 5.32 Å². The first-order chi connectivity index (χ1) is 11.0. The third-order valence-electron chi connectivity index (χ3n) is 3.58. The van der Waals surface area contributed by atoms with Gasteiger partial charge in [0.25, 0.3) is 5.69 Å². The predicted molar refractivity (Wildman–Crippen MR) is 90.3 cm³/mol. The quantitative estimate of drug-likeness (QED) is 0.576. The van der Waals surface area contributed by atoms with Crippen LogP contribution in [0.15, 0.2) is 60.7 Å². The molecule has 1 N–H and O–H groups in total. The van der Waals surface area contributed by atoms with Gasteiger partial charge in [-0.25, -0.2) is 0 Å². The molecule has 0 spiro atoms. The Morgan fingerprint density at radius 2 is 1.74 bits per heavy atom. The highest BCUT2D eigenvalue weighted by molar-refractivity contribution is 5.92. The third kappa shape index (κ3) is 3.03. The number of nitrogens with one attached hydrogen (secondary N) is 1. The van der Waals surface area contributed by atoms with Crippen LogP contribution >= 0.6 is 0 Å². The topological polar surface area (TPSA) is 72.2 Å². The van der Waals surface area contributed by atoms with Gasteiger partial charge in [0.05, 0.1) is 10.5 Å². The highest BCUT2D eigenvalue weighted by atomic mass is 16.6. The van der Waals surface area contributed by atoms with Crippen molar-refractivity contribution < 1.29 is 9.72 Å². The number of fused-ring (bicyclic) bond motifs is 1. The minimum atomic E-state index is -0.435. The van der Waals surface area contributed by atoms with Crippen molar-refractivity contribution in [2.24, 2.45) is 0 Å². The van der Waals surface area contributed by atoms with E-state index in [-0.39, 0.29) is 11.6 Å². The zero-order chi connectivity index (χ0) is 16.4. The summed E-state index contributed by atoms with van der Waals surface area (Å²) in [5.74, 6) is -0.266. The first-order valence-electron chi connectivity index (χ1n) is 7.10. The predicted octanol–water partition coefficient (Wildman–Crippen LogP) is 4.37. The van der Waals surface area contributed by atoms with Crippen molar-refractivity contribution in [2.75, 3.05) is 5.32 Å². The summed E-state index contributed by atoms with van der Waals surface area (Å²) in [6.45, 7) is 1.36. The van der Waals surface area contributed by atoms with Crippen molar-refractivity contribution in [1.82, 2.24) is 0 Å². The molecule has 23 heavy (non-hydrogen) atoms. The molecule has 0 aliphatic rings. The summed E-state index contributed by atoms with van der Waals surface area (Å²) in [5, 5.41) is 16.1. The van der Waals surface area contributed by atoms with Gasteiger partial charge < -0.3 is 5.32 Å². The number of amides is 1. The van der Waals surface area contributed by atoms with Crippen LogP contribution < -0.4 is 5.32 Å². The number of nitrogens with zero attached hydrogens (tertiary/aromatic N) is 1. The maximum Gasteiger partial charge on any atom is 0.279 e. The Morgan fingerprint density at radius 1 is 1.00 bits per heavy atom. The molecular weight excluding hydrogens is 292 g/mol. The van der Waals surface area contributed by atoms with E-state index in [9.17, 15) is 14.9 Å². The van der Waals surface area contributed by atoms with Crippen LogP contribution in [-0.2, 0) is 4.79 Å². The highest BCUT2D eigenvalue weighted by Crippen LogP contribution is 2.33. The molecule has 0 bridgehead atoms. The van der Waals surface area contributed by atoms with Crippen LogP contribution in [0.5, 0.6) is 0 Å². The first kappa shape index (κ1) is 14.7. The first-order valence-corrected chi connectivity index (χ1v) is 7.10. The van der Waals surface area contributed by atoms with Gasteiger partial charge in [-0.2, -0.15) is 0 Å². The molecule has 0 unspecified atom stereocenters. The summed E-state index contributed by atoms with van der Waals surface area (Å²) in [4.78, 5) is 22.1. The fourth-order valence-electron chi connectivity index (χ4n) is 2.56. The number of rotatable bonds is 3. The lowest BCUT2D eigenvalue weighted by Crippen LogP contribution is -2.06. The van der Waals surface area contributed by atoms with E-state index in [4.69, 9.17) is 0 Å². The molecule has 0 aliphatic carbocycles. The average molecular weight is 306 g/mol. The van der Waals surface area contributed by atoms with Crippen molar-refractivity contribution in [2.45, 2.75) is 6.92 Å². The Kier molecular flexibility index (Phi) is 3.76. The SMILES string of the molecule is CC(=O)Nc1ccc(-c2ccc3ccccc3c2)c([N+](=O)[O-])c1. The fourth-order valence-corrected chi connectivity index (χ4v) is 2.56. The number of hydrogen-bond donors (Lipinski definition) is 1. The van der Waals surface area contributed by atoms with Crippen LogP contribution in [0.2, 0.25) is 0 Å². The number of carbonyl (C=O) groups is 1. The summed E-state index contributed by atoms with van der Waals surface area (Å²) >= 11 is 0. The number of benzene rings is 3. The molecule has 0 heterocycles. The molecule has 1 amide bonds. The Hall–Kier alpha value is -3.21. The molecule has 114 valence electrons. The van der Waals surface area contributed by atoms with Gasteiger partial charge >= 0.3 is 0 Å². The van der Waals surface area contributed by atoms with Gasteiger partial charge in [-0.3, -0.25) is 14.9 Å². The van der Waals surface area contributed by atoms with E-state index in [1.165, 1.54) is 13.0 Å². The molecule has 5 nitrogen and oxygen atoms in total. The second kappa shape index (κ2) is 5.88. The van der Waals surface area contributed by atoms with Gasteiger partial charge in [0.2, 0.25) is 5.91 Å². The van der Waals surface area contributed by atoms with E-state index < -0.39 is 4.92 Å². The lowest BCUT2D eigenvalue weighted by Gasteiger charge is -2.08. The normalized spacial score (nSPS) is 10.5. The van der Waals surface area contributed by atoms with E-state index in [0.29, 0.717) is 11.3 Å². The lowest BCUT2D eigenvalue weighted by atomic mass is 9.99. The second-order valence-corrected chi connectivity index (χ2v) is 5.23. The Bertz CT molecular complexity index is 919. The number of nitro benzene ring substituents is 1. The lowest BCUT2D eigenvalue weighted by molar-refractivity contribution is -0.384. The van der Waals surface area contributed by atoms with Gasteiger partial charge in [0, 0.05) is 18.7 Å². The summed E-state index contributed by atoms with van der Waals surface area (Å²) < 4.78 is 0. The van der Waals surface area contributed by atoms with Crippen LogP contribution in [0.4, 0.5) is 11.4 Å². The van der Waals surface area contributed by atoms with Crippen LogP contribution in [0.3, 0.4) is 0 Å². The largest absolute Gasteiger partial charge is 0.326 e. The minimum absolute atomic E-state index is 0.0356. The molecule has 0 fully saturated rings. The molecule has 3 rings (SSSR count). The molecule has 0 radical (unpaired) electrons. The van der Waals surface area contributed by atoms with Gasteiger partial charge in [0.15, 0.2) is 0 Å². The number of nitro groups is 1. The molecule has 0 saturated carbocycles. The molecule has 3 aromatic rings. The maximum atomic E-state index is 11.4. The molecule has 0 aromatic heterocycles. The van der Waals surface area contributed by atoms with Gasteiger partial charge in [0.1, 0.15) is 0 Å². The zero-order valence-electron chi connectivity index (χ0n) is 12.4. The van der Waals surface area contributed by atoms with E-state index >= 15 is 0 Å². The monoisotopic (exact) mass is 306 g/mol. The third-order valence-corrected chi connectivity index (χ3v) is 3.58. The fraction of sp³-hybridized carbons (Fsp3) is 0.0556. The zero-order valence-corrected chi connectivity index (χ0v) is 12.4. The summed E-state index contributed by atoms with van der Waals surface area (Å²) in [6.07, 6.45) is 0. The molecule has 0 aliphatic heterocycles. The summed E-state index contributed by atoms with van der Waals surface area (Å²) in [7, 11) is 0. The standard InChI is InChI=1S/C18H14N2O3/c1-12(21)19-16-8-9-17(18(11-16)20(22)23)15-7-6-13-4-2-3-5-14(13)10-15/h2-11H,1H3,(H,19,21). The maximum absolute atomic E-state index is 11.4. The number of hydrogen-bond acceptors (Lipinski definition) is 3. The molecule has 0 atom stereocenters. The van der Waals surface area contributed by atoms with Crippen molar-refractivity contribution in [3.63, 3.8) is 0 Å². The van der Waals surface area contributed by atoms with Gasteiger partial charge in [-0.1, -0.05) is 36.4 Å². The van der Waals surface area contributed by atoms with Crippen molar-refractivity contribution in [3.05, 3.63) is 70.8 Å². The molecule has 5 heteroatoms. The number of anilines is 1. The molecular formula is C18H14N2O3. The van der Waals surface area contributed by atoms with E-state index in [1.54, 1.807) is 12.1 Å². The smallest absolute Gasteiger partial charge is 0.279 e. The van der Waals surface area contributed by atoms with Crippen LogP contribution in [0.25, 0.3) is 21.9 Å².